The average Bonchev–Trinajstić information content (AvgIpc) is 2.65. The molecule has 1 atom stereocenters. The SMILES string of the molecule is CCC1(CC)NC(=O)CCN(C(C)c2cccnc2)C1=O. The smallest absolute Gasteiger partial charge is 0.248 e. The minimum absolute atomic E-state index is 0.00898. The largest absolute Gasteiger partial charge is 0.342 e. The third-order valence-electron chi connectivity index (χ3n) is 4.47. The van der Waals surface area contributed by atoms with Gasteiger partial charge in [-0.3, -0.25) is 14.6 Å². The minimum Gasteiger partial charge on any atom is -0.342 e. The number of hydrogen-bond donors (Lipinski definition) is 1. The maximum Gasteiger partial charge on any atom is 0.248 e. The van der Waals surface area contributed by atoms with Crippen molar-refractivity contribution in [3.8, 4) is 0 Å². The Morgan fingerprint density at radius 3 is 2.67 bits per heavy atom. The summed E-state index contributed by atoms with van der Waals surface area (Å²) in [6.45, 7) is 6.32. The van der Waals surface area contributed by atoms with E-state index in [9.17, 15) is 9.59 Å². The molecule has 1 N–H and O–H groups in total. The normalized spacial score (nSPS) is 19.9. The first-order chi connectivity index (χ1) is 10.0. The summed E-state index contributed by atoms with van der Waals surface area (Å²) in [6, 6.07) is 3.74. The number of aromatic nitrogens is 1. The molecule has 0 saturated carbocycles. The summed E-state index contributed by atoms with van der Waals surface area (Å²) in [7, 11) is 0. The molecule has 2 amide bonds. The molecule has 1 aromatic heterocycles. The third-order valence-corrected chi connectivity index (χ3v) is 4.47. The highest BCUT2D eigenvalue weighted by Gasteiger charge is 2.43. The minimum atomic E-state index is -0.774. The van der Waals surface area contributed by atoms with E-state index >= 15 is 0 Å². The fourth-order valence-electron chi connectivity index (χ4n) is 2.88. The Balaban J connectivity index is 2.34. The maximum atomic E-state index is 13.0. The molecule has 0 aromatic carbocycles. The van der Waals surface area contributed by atoms with E-state index in [0.29, 0.717) is 25.8 Å². The number of hydrogen-bond acceptors (Lipinski definition) is 3. The number of carbonyl (C=O) groups is 2. The number of nitrogens with zero attached hydrogens (tertiary/aromatic N) is 2. The molecule has 1 aromatic rings. The van der Waals surface area contributed by atoms with E-state index in [1.807, 2.05) is 37.8 Å². The van der Waals surface area contributed by atoms with Crippen LogP contribution in [0.15, 0.2) is 24.5 Å². The second-order valence-electron chi connectivity index (χ2n) is 5.55. The molecule has 0 bridgehead atoms. The first kappa shape index (κ1) is 15.5. The highest BCUT2D eigenvalue weighted by Crippen LogP contribution is 2.28. The van der Waals surface area contributed by atoms with Gasteiger partial charge in [-0.1, -0.05) is 19.9 Å². The first-order valence-electron chi connectivity index (χ1n) is 7.56. The summed E-state index contributed by atoms with van der Waals surface area (Å²) in [5, 5.41) is 2.93. The first-order valence-corrected chi connectivity index (χ1v) is 7.56. The van der Waals surface area contributed by atoms with Crippen LogP contribution in [-0.2, 0) is 9.59 Å². The lowest BCUT2D eigenvalue weighted by molar-refractivity contribution is -0.141. The van der Waals surface area contributed by atoms with Crippen LogP contribution >= 0.6 is 0 Å². The predicted octanol–water partition coefficient (Wildman–Crippen LogP) is 2.05. The van der Waals surface area contributed by atoms with E-state index in [0.717, 1.165) is 5.56 Å². The molecule has 5 nitrogen and oxygen atoms in total. The van der Waals surface area contributed by atoms with Gasteiger partial charge >= 0.3 is 0 Å². The number of rotatable bonds is 4. The number of amides is 2. The van der Waals surface area contributed by atoms with Crippen molar-refractivity contribution in [1.29, 1.82) is 0 Å². The van der Waals surface area contributed by atoms with Crippen LogP contribution in [0.25, 0.3) is 0 Å². The third kappa shape index (κ3) is 2.91. The van der Waals surface area contributed by atoms with E-state index in [1.54, 1.807) is 12.4 Å². The van der Waals surface area contributed by atoms with Crippen LogP contribution in [0.2, 0.25) is 0 Å². The molecule has 1 aliphatic heterocycles. The van der Waals surface area contributed by atoms with Crippen LogP contribution in [0.4, 0.5) is 0 Å². The van der Waals surface area contributed by atoms with Crippen LogP contribution < -0.4 is 5.32 Å². The Hall–Kier alpha value is -1.91. The van der Waals surface area contributed by atoms with Crippen molar-refractivity contribution in [2.45, 2.75) is 51.6 Å². The molecular weight excluding hydrogens is 266 g/mol. The second kappa shape index (κ2) is 6.24. The van der Waals surface area contributed by atoms with Crippen LogP contribution in [0.5, 0.6) is 0 Å². The van der Waals surface area contributed by atoms with Gasteiger partial charge in [0.05, 0.1) is 6.04 Å². The molecule has 21 heavy (non-hydrogen) atoms. The van der Waals surface area contributed by atoms with Crippen molar-refractivity contribution >= 4 is 11.8 Å². The Kier molecular flexibility index (Phi) is 4.60. The van der Waals surface area contributed by atoms with E-state index < -0.39 is 5.54 Å². The zero-order valence-electron chi connectivity index (χ0n) is 12.9. The number of nitrogens with one attached hydrogen (secondary N) is 1. The quantitative estimate of drug-likeness (QED) is 0.922. The van der Waals surface area contributed by atoms with Gasteiger partial charge in [0.2, 0.25) is 11.8 Å². The molecule has 2 rings (SSSR count). The van der Waals surface area contributed by atoms with E-state index in [2.05, 4.69) is 10.3 Å². The highest BCUT2D eigenvalue weighted by molar-refractivity contribution is 5.93. The number of carbonyl (C=O) groups excluding carboxylic acids is 2. The topological polar surface area (TPSA) is 62.3 Å². The molecule has 1 aliphatic rings. The van der Waals surface area contributed by atoms with Gasteiger partial charge in [0.1, 0.15) is 5.54 Å². The average molecular weight is 289 g/mol. The van der Waals surface area contributed by atoms with Crippen LogP contribution in [0, 0.1) is 0 Å². The Labute approximate surface area is 125 Å². The van der Waals surface area contributed by atoms with Crippen molar-refractivity contribution in [1.82, 2.24) is 15.2 Å². The van der Waals surface area contributed by atoms with Crippen molar-refractivity contribution in [2.75, 3.05) is 6.54 Å². The zero-order valence-corrected chi connectivity index (χ0v) is 12.9. The van der Waals surface area contributed by atoms with Gasteiger partial charge < -0.3 is 10.2 Å². The van der Waals surface area contributed by atoms with Crippen LogP contribution in [-0.4, -0.2) is 33.8 Å². The van der Waals surface area contributed by atoms with Crippen molar-refractivity contribution in [3.63, 3.8) is 0 Å². The lowest BCUT2D eigenvalue weighted by Gasteiger charge is -2.36. The molecule has 1 fully saturated rings. The molecule has 114 valence electrons. The van der Waals surface area contributed by atoms with Crippen LogP contribution in [0.3, 0.4) is 0 Å². The lowest BCUT2D eigenvalue weighted by Crippen LogP contribution is -2.56. The van der Waals surface area contributed by atoms with Gasteiger partial charge in [0.25, 0.3) is 0 Å². The Morgan fingerprint density at radius 2 is 2.10 bits per heavy atom. The van der Waals surface area contributed by atoms with Gasteiger partial charge in [-0.05, 0) is 31.4 Å². The molecule has 1 unspecified atom stereocenters. The van der Waals surface area contributed by atoms with E-state index in [-0.39, 0.29) is 17.9 Å². The summed E-state index contributed by atoms with van der Waals surface area (Å²) >= 11 is 0. The van der Waals surface area contributed by atoms with Crippen molar-refractivity contribution in [3.05, 3.63) is 30.1 Å². The summed E-state index contributed by atoms with van der Waals surface area (Å²) < 4.78 is 0. The van der Waals surface area contributed by atoms with Gasteiger partial charge in [0, 0.05) is 25.4 Å². The zero-order chi connectivity index (χ0) is 15.5. The maximum absolute atomic E-state index is 13.0. The van der Waals surface area contributed by atoms with Gasteiger partial charge in [-0.2, -0.15) is 0 Å². The second-order valence-corrected chi connectivity index (χ2v) is 5.55. The summed E-state index contributed by atoms with van der Waals surface area (Å²) in [5.74, 6) is -0.0392. The standard InChI is InChI=1S/C16H23N3O2/c1-4-16(5-2)15(21)19(10-8-14(20)18-16)12(3)13-7-6-9-17-11-13/h6-7,9,11-12H,4-5,8,10H2,1-3H3,(H,18,20). The summed E-state index contributed by atoms with van der Waals surface area (Å²) in [4.78, 5) is 30.9. The fraction of sp³-hybridized carbons (Fsp3) is 0.562. The highest BCUT2D eigenvalue weighted by atomic mass is 16.2. The molecule has 1 saturated heterocycles. The molecule has 5 heteroatoms. The van der Waals surface area contributed by atoms with Gasteiger partial charge in [0.15, 0.2) is 0 Å². The monoisotopic (exact) mass is 289 g/mol. The molecular formula is C16H23N3O2. The van der Waals surface area contributed by atoms with Crippen molar-refractivity contribution in [2.24, 2.45) is 0 Å². The predicted molar refractivity (Wildman–Crippen MR) is 80.4 cm³/mol. The van der Waals surface area contributed by atoms with Crippen molar-refractivity contribution < 1.29 is 9.59 Å². The molecule has 2 heterocycles. The van der Waals surface area contributed by atoms with Crippen LogP contribution in [0.1, 0.15) is 51.6 Å². The van der Waals surface area contributed by atoms with E-state index in [1.165, 1.54) is 0 Å². The van der Waals surface area contributed by atoms with Gasteiger partial charge in [-0.15, -0.1) is 0 Å². The fourth-order valence-corrected chi connectivity index (χ4v) is 2.88. The Bertz CT molecular complexity index is 512. The molecule has 0 aliphatic carbocycles. The summed E-state index contributed by atoms with van der Waals surface area (Å²) in [5.41, 5.74) is 0.214. The number of pyridine rings is 1. The summed E-state index contributed by atoms with van der Waals surface area (Å²) in [6.07, 6.45) is 5.04. The van der Waals surface area contributed by atoms with Gasteiger partial charge in [-0.25, -0.2) is 0 Å². The molecule has 0 spiro atoms. The molecule has 0 radical (unpaired) electrons. The lowest BCUT2D eigenvalue weighted by atomic mass is 9.90. The Morgan fingerprint density at radius 1 is 1.38 bits per heavy atom. The van der Waals surface area contributed by atoms with E-state index in [4.69, 9.17) is 0 Å².